The molecule has 2 aliphatic rings. The van der Waals surface area contributed by atoms with Gasteiger partial charge in [-0.2, -0.15) is 0 Å². The monoisotopic (exact) mass is 349 g/mol. The van der Waals surface area contributed by atoms with Crippen LogP contribution in [0.25, 0.3) is 0 Å². The Labute approximate surface area is 133 Å². The molecule has 2 heterocycles. The third kappa shape index (κ3) is 2.91. The van der Waals surface area contributed by atoms with E-state index in [-0.39, 0.29) is 11.7 Å². The van der Waals surface area contributed by atoms with E-state index in [2.05, 4.69) is 15.9 Å². The second-order valence-electron chi connectivity index (χ2n) is 5.86. The summed E-state index contributed by atoms with van der Waals surface area (Å²) < 4.78 is 0. The fourth-order valence-corrected chi connectivity index (χ4v) is 3.72. The number of amides is 1. The summed E-state index contributed by atoms with van der Waals surface area (Å²) in [6.07, 6.45) is 6.06. The number of ketones is 1. The van der Waals surface area contributed by atoms with Gasteiger partial charge in [0.25, 0.3) is 0 Å². The lowest BCUT2D eigenvalue weighted by atomic mass is 9.94. The first-order valence-corrected chi connectivity index (χ1v) is 8.88. The molecule has 0 saturated carbocycles. The molecule has 1 aromatic rings. The van der Waals surface area contributed by atoms with Crippen LogP contribution in [0.15, 0.2) is 12.1 Å². The van der Waals surface area contributed by atoms with Gasteiger partial charge in [-0.05, 0) is 48.9 Å². The topological polar surface area (TPSA) is 37.4 Å². The molecule has 1 aromatic carbocycles. The van der Waals surface area contributed by atoms with Crippen molar-refractivity contribution < 1.29 is 9.59 Å². The van der Waals surface area contributed by atoms with Crippen molar-refractivity contribution >= 4 is 33.3 Å². The summed E-state index contributed by atoms with van der Waals surface area (Å²) >= 11 is 3.41. The predicted molar refractivity (Wildman–Crippen MR) is 87.4 cm³/mol. The predicted octanol–water partition coefficient (Wildman–Crippen LogP) is 3.66. The third-order valence-corrected chi connectivity index (χ3v) is 4.97. The Morgan fingerprint density at radius 3 is 2.62 bits per heavy atom. The van der Waals surface area contributed by atoms with Crippen molar-refractivity contribution in [1.29, 1.82) is 0 Å². The van der Waals surface area contributed by atoms with Crippen molar-refractivity contribution in [2.24, 2.45) is 0 Å². The van der Waals surface area contributed by atoms with Crippen molar-refractivity contribution in [3.63, 3.8) is 0 Å². The number of alkyl halides is 1. The number of anilines is 1. The van der Waals surface area contributed by atoms with Gasteiger partial charge in [0.05, 0.1) is 5.69 Å². The molecule has 112 valence electrons. The van der Waals surface area contributed by atoms with Crippen LogP contribution in [0.2, 0.25) is 0 Å². The molecule has 0 atom stereocenters. The van der Waals surface area contributed by atoms with E-state index in [0.29, 0.717) is 12.8 Å². The van der Waals surface area contributed by atoms with Gasteiger partial charge in [0.15, 0.2) is 5.78 Å². The van der Waals surface area contributed by atoms with Crippen LogP contribution in [0.5, 0.6) is 0 Å². The van der Waals surface area contributed by atoms with E-state index in [1.54, 1.807) is 0 Å². The minimum Gasteiger partial charge on any atom is -0.312 e. The number of unbranched alkanes of at least 4 members (excludes halogenated alkanes) is 2. The zero-order valence-corrected chi connectivity index (χ0v) is 13.7. The van der Waals surface area contributed by atoms with Gasteiger partial charge in [-0.3, -0.25) is 9.59 Å². The molecular weight excluding hydrogens is 330 g/mol. The average molecular weight is 350 g/mol. The molecule has 21 heavy (non-hydrogen) atoms. The highest BCUT2D eigenvalue weighted by molar-refractivity contribution is 9.09. The Bertz CT molecular complexity index is 582. The smallest absolute Gasteiger partial charge is 0.227 e. The summed E-state index contributed by atoms with van der Waals surface area (Å²) in [5.41, 5.74) is 4.32. The maximum atomic E-state index is 12.3. The number of benzene rings is 1. The highest BCUT2D eigenvalue weighted by atomic mass is 79.9. The van der Waals surface area contributed by atoms with Crippen LogP contribution < -0.4 is 4.90 Å². The Morgan fingerprint density at radius 1 is 1.10 bits per heavy atom. The molecule has 4 heteroatoms. The second kappa shape index (κ2) is 6.30. The molecule has 0 radical (unpaired) electrons. The summed E-state index contributed by atoms with van der Waals surface area (Å²) in [6.45, 7) is 0.782. The molecule has 0 spiro atoms. The van der Waals surface area contributed by atoms with E-state index in [9.17, 15) is 9.59 Å². The SMILES string of the molecule is O=C(CCCCCBr)c1cc2c3c(c1)CCN3C(=O)CC2. The van der Waals surface area contributed by atoms with E-state index in [1.165, 1.54) is 11.1 Å². The van der Waals surface area contributed by atoms with Crippen LogP contribution in [0.3, 0.4) is 0 Å². The largest absolute Gasteiger partial charge is 0.312 e. The fraction of sp³-hybridized carbons (Fsp3) is 0.529. The van der Waals surface area contributed by atoms with E-state index in [0.717, 1.165) is 55.2 Å². The summed E-state index contributed by atoms with van der Waals surface area (Å²) in [5.74, 6) is 0.481. The summed E-state index contributed by atoms with van der Waals surface area (Å²) in [6, 6.07) is 4.04. The van der Waals surface area contributed by atoms with Crippen LogP contribution in [0, 0.1) is 0 Å². The number of carbonyl (C=O) groups is 2. The number of aryl methyl sites for hydroxylation is 1. The summed E-state index contributed by atoms with van der Waals surface area (Å²) in [4.78, 5) is 26.1. The quantitative estimate of drug-likeness (QED) is 0.446. The van der Waals surface area contributed by atoms with Gasteiger partial charge < -0.3 is 4.90 Å². The van der Waals surface area contributed by atoms with E-state index in [4.69, 9.17) is 0 Å². The first-order valence-electron chi connectivity index (χ1n) is 7.76. The first kappa shape index (κ1) is 14.8. The Balaban J connectivity index is 1.77. The van der Waals surface area contributed by atoms with Crippen molar-refractivity contribution in [2.75, 3.05) is 16.8 Å². The molecule has 0 aromatic heterocycles. The number of rotatable bonds is 6. The number of nitrogens with zero attached hydrogens (tertiary/aromatic N) is 1. The molecule has 0 saturated heterocycles. The molecule has 3 nitrogen and oxygen atoms in total. The number of hydrogen-bond acceptors (Lipinski definition) is 2. The molecule has 0 unspecified atom stereocenters. The van der Waals surface area contributed by atoms with Crippen LogP contribution >= 0.6 is 15.9 Å². The van der Waals surface area contributed by atoms with Gasteiger partial charge in [-0.15, -0.1) is 0 Å². The third-order valence-electron chi connectivity index (χ3n) is 4.41. The first-order chi connectivity index (χ1) is 10.2. The molecule has 1 amide bonds. The van der Waals surface area contributed by atoms with Crippen LogP contribution in [-0.2, 0) is 17.6 Å². The summed E-state index contributed by atoms with van der Waals surface area (Å²) in [7, 11) is 0. The fourth-order valence-electron chi connectivity index (χ4n) is 3.32. The van der Waals surface area contributed by atoms with Gasteiger partial charge in [0.1, 0.15) is 0 Å². The van der Waals surface area contributed by atoms with Crippen molar-refractivity contribution in [3.05, 3.63) is 28.8 Å². The molecule has 0 fully saturated rings. The molecular formula is C17H20BrNO2. The Hall–Kier alpha value is -1.16. The van der Waals surface area contributed by atoms with Gasteiger partial charge in [-0.1, -0.05) is 22.4 Å². The number of halogens is 1. The van der Waals surface area contributed by atoms with Crippen LogP contribution in [0.1, 0.15) is 53.6 Å². The van der Waals surface area contributed by atoms with Gasteiger partial charge in [0.2, 0.25) is 5.91 Å². The van der Waals surface area contributed by atoms with Crippen molar-refractivity contribution in [2.45, 2.75) is 44.9 Å². The number of hydrogen-bond donors (Lipinski definition) is 0. The highest BCUT2D eigenvalue weighted by Gasteiger charge is 2.31. The molecule has 0 aliphatic carbocycles. The Kier molecular flexibility index (Phi) is 4.43. The maximum absolute atomic E-state index is 12.3. The normalized spacial score (nSPS) is 16.2. The minimum atomic E-state index is 0.232. The number of carbonyl (C=O) groups excluding carboxylic acids is 2. The molecule has 2 aliphatic heterocycles. The van der Waals surface area contributed by atoms with Gasteiger partial charge in [-0.25, -0.2) is 0 Å². The lowest BCUT2D eigenvalue weighted by Gasteiger charge is -2.25. The maximum Gasteiger partial charge on any atom is 0.227 e. The lowest BCUT2D eigenvalue weighted by molar-refractivity contribution is -0.118. The summed E-state index contributed by atoms with van der Waals surface area (Å²) in [5, 5.41) is 1.01. The van der Waals surface area contributed by atoms with Crippen LogP contribution in [0.4, 0.5) is 5.69 Å². The molecule has 0 N–H and O–H groups in total. The number of Topliss-reactive ketones (excluding diaryl/α,β-unsaturated/α-hetero) is 1. The lowest BCUT2D eigenvalue weighted by Crippen LogP contribution is -2.32. The molecule has 3 rings (SSSR count). The van der Waals surface area contributed by atoms with Gasteiger partial charge >= 0.3 is 0 Å². The average Bonchev–Trinajstić information content (AvgIpc) is 2.92. The standard InChI is InChI=1S/C17H20BrNO2/c18-8-3-1-2-4-15(20)14-10-12-5-6-16(21)19-9-7-13(11-14)17(12)19/h10-11H,1-9H2. The zero-order valence-electron chi connectivity index (χ0n) is 12.2. The van der Waals surface area contributed by atoms with E-state index < -0.39 is 0 Å². The molecule has 0 bridgehead atoms. The highest BCUT2D eigenvalue weighted by Crippen LogP contribution is 2.37. The Morgan fingerprint density at radius 2 is 1.86 bits per heavy atom. The van der Waals surface area contributed by atoms with Crippen molar-refractivity contribution in [3.8, 4) is 0 Å². The minimum absolute atomic E-state index is 0.232. The second-order valence-corrected chi connectivity index (χ2v) is 6.65. The van der Waals surface area contributed by atoms with Crippen LogP contribution in [-0.4, -0.2) is 23.6 Å². The van der Waals surface area contributed by atoms with E-state index >= 15 is 0 Å². The van der Waals surface area contributed by atoms with Crippen molar-refractivity contribution in [1.82, 2.24) is 0 Å². The zero-order chi connectivity index (χ0) is 14.8. The van der Waals surface area contributed by atoms with E-state index in [1.807, 2.05) is 17.0 Å². The van der Waals surface area contributed by atoms with Gasteiger partial charge in [0, 0.05) is 30.3 Å².